The number of amides is 1. The largest absolute Gasteiger partial charge is 0.335 e. The molecule has 1 aliphatic rings. The highest BCUT2D eigenvalue weighted by atomic mass is 35.5. The standard InChI is InChI=1S/C17H20ClN3OS/c1-12-16(23-13(2)19-12)17(22)21-9-7-20(8-10-21)11-14-3-5-15(18)6-4-14/h3-6H,7-11H2,1-2H3. The van der Waals surface area contributed by atoms with Crippen molar-refractivity contribution in [2.45, 2.75) is 20.4 Å². The molecule has 3 rings (SSSR count). The monoisotopic (exact) mass is 349 g/mol. The molecule has 0 spiro atoms. The minimum atomic E-state index is 0.124. The van der Waals surface area contributed by atoms with Crippen molar-refractivity contribution in [1.29, 1.82) is 0 Å². The first-order valence-corrected chi connectivity index (χ1v) is 8.92. The average Bonchev–Trinajstić information content (AvgIpc) is 2.88. The molecule has 0 aliphatic carbocycles. The molecular formula is C17H20ClN3OS. The second-order valence-corrected chi connectivity index (χ2v) is 7.48. The van der Waals surface area contributed by atoms with Gasteiger partial charge >= 0.3 is 0 Å². The lowest BCUT2D eigenvalue weighted by molar-refractivity contribution is 0.0632. The van der Waals surface area contributed by atoms with Crippen molar-refractivity contribution < 1.29 is 4.79 Å². The van der Waals surface area contributed by atoms with E-state index in [-0.39, 0.29) is 5.91 Å². The van der Waals surface area contributed by atoms with Crippen LogP contribution in [0.1, 0.15) is 25.9 Å². The molecule has 0 saturated carbocycles. The second-order valence-electron chi connectivity index (χ2n) is 5.84. The number of nitrogens with zero attached hydrogens (tertiary/aromatic N) is 3. The zero-order valence-corrected chi connectivity index (χ0v) is 15.0. The van der Waals surface area contributed by atoms with E-state index >= 15 is 0 Å². The summed E-state index contributed by atoms with van der Waals surface area (Å²) in [5.74, 6) is 0.124. The summed E-state index contributed by atoms with van der Waals surface area (Å²) in [5, 5.41) is 1.71. The number of carbonyl (C=O) groups is 1. The van der Waals surface area contributed by atoms with E-state index in [1.165, 1.54) is 16.9 Å². The van der Waals surface area contributed by atoms with Gasteiger partial charge in [0, 0.05) is 37.7 Å². The minimum Gasteiger partial charge on any atom is -0.335 e. The van der Waals surface area contributed by atoms with Gasteiger partial charge in [0.25, 0.3) is 5.91 Å². The Hall–Kier alpha value is -1.43. The molecule has 6 heteroatoms. The smallest absolute Gasteiger partial charge is 0.265 e. The van der Waals surface area contributed by atoms with E-state index in [9.17, 15) is 4.79 Å². The Labute approximate surface area is 145 Å². The van der Waals surface area contributed by atoms with E-state index in [0.717, 1.165) is 53.3 Å². The average molecular weight is 350 g/mol. The Bertz CT molecular complexity index is 690. The van der Waals surface area contributed by atoms with Crippen molar-refractivity contribution >= 4 is 28.8 Å². The number of hydrogen-bond donors (Lipinski definition) is 0. The van der Waals surface area contributed by atoms with Crippen LogP contribution in [0, 0.1) is 13.8 Å². The van der Waals surface area contributed by atoms with Gasteiger partial charge in [-0.2, -0.15) is 0 Å². The van der Waals surface area contributed by atoms with Gasteiger partial charge in [0.1, 0.15) is 4.88 Å². The van der Waals surface area contributed by atoms with Crippen LogP contribution in [0.5, 0.6) is 0 Å². The highest BCUT2D eigenvalue weighted by Gasteiger charge is 2.24. The maximum atomic E-state index is 12.6. The van der Waals surface area contributed by atoms with Crippen LogP contribution in [0.3, 0.4) is 0 Å². The fourth-order valence-electron chi connectivity index (χ4n) is 2.83. The van der Waals surface area contributed by atoms with E-state index in [0.29, 0.717) is 0 Å². The number of hydrogen-bond acceptors (Lipinski definition) is 4. The van der Waals surface area contributed by atoms with Crippen molar-refractivity contribution in [3.8, 4) is 0 Å². The first-order valence-electron chi connectivity index (χ1n) is 7.73. The molecule has 1 aromatic carbocycles. The van der Waals surface area contributed by atoms with Crippen LogP contribution in [0.15, 0.2) is 24.3 Å². The van der Waals surface area contributed by atoms with Crippen LogP contribution < -0.4 is 0 Å². The highest BCUT2D eigenvalue weighted by molar-refractivity contribution is 7.13. The normalized spacial score (nSPS) is 15.9. The van der Waals surface area contributed by atoms with Crippen LogP contribution in [0.2, 0.25) is 5.02 Å². The molecule has 4 nitrogen and oxygen atoms in total. The van der Waals surface area contributed by atoms with Crippen molar-refractivity contribution in [2.24, 2.45) is 0 Å². The molecule has 1 amide bonds. The van der Waals surface area contributed by atoms with Gasteiger partial charge in [-0.15, -0.1) is 11.3 Å². The molecule has 0 radical (unpaired) electrons. The molecule has 1 fully saturated rings. The van der Waals surface area contributed by atoms with Gasteiger partial charge in [-0.05, 0) is 31.5 Å². The van der Waals surface area contributed by atoms with Gasteiger partial charge in [0.2, 0.25) is 0 Å². The molecular weight excluding hydrogens is 330 g/mol. The van der Waals surface area contributed by atoms with Gasteiger partial charge in [-0.3, -0.25) is 9.69 Å². The maximum Gasteiger partial charge on any atom is 0.265 e. The van der Waals surface area contributed by atoms with Gasteiger partial charge in [-0.1, -0.05) is 23.7 Å². The zero-order valence-electron chi connectivity index (χ0n) is 13.4. The van der Waals surface area contributed by atoms with Crippen LogP contribution in [-0.2, 0) is 6.54 Å². The molecule has 1 saturated heterocycles. The Morgan fingerprint density at radius 1 is 1.17 bits per heavy atom. The number of rotatable bonds is 3. The number of thiazole rings is 1. The summed E-state index contributed by atoms with van der Waals surface area (Å²) in [6.07, 6.45) is 0. The van der Waals surface area contributed by atoms with E-state index in [1.807, 2.05) is 30.9 Å². The highest BCUT2D eigenvalue weighted by Crippen LogP contribution is 2.20. The van der Waals surface area contributed by atoms with Crippen LogP contribution >= 0.6 is 22.9 Å². The topological polar surface area (TPSA) is 36.4 Å². The molecule has 1 aromatic heterocycles. The number of halogens is 1. The van der Waals surface area contributed by atoms with E-state index in [4.69, 9.17) is 11.6 Å². The number of benzene rings is 1. The summed E-state index contributed by atoms with van der Waals surface area (Å²) in [7, 11) is 0. The van der Waals surface area contributed by atoms with Crippen LogP contribution in [0.4, 0.5) is 0 Å². The zero-order chi connectivity index (χ0) is 16.4. The Morgan fingerprint density at radius 3 is 2.39 bits per heavy atom. The van der Waals surface area contributed by atoms with Crippen molar-refractivity contribution in [3.05, 3.63) is 50.4 Å². The Balaban J connectivity index is 1.57. The third-order valence-corrected chi connectivity index (χ3v) is 5.39. The van der Waals surface area contributed by atoms with Crippen molar-refractivity contribution in [1.82, 2.24) is 14.8 Å². The maximum absolute atomic E-state index is 12.6. The third kappa shape index (κ3) is 3.91. The molecule has 2 heterocycles. The van der Waals surface area contributed by atoms with Crippen LogP contribution in [0.25, 0.3) is 0 Å². The van der Waals surface area contributed by atoms with Crippen molar-refractivity contribution in [3.63, 3.8) is 0 Å². The second kappa shape index (κ2) is 6.99. The van der Waals surface area contributed by atoms with Gasteiger partial charge in [-0.25, -0.2) is 4.98 Å². The van der Waals surface area contributed by atoms with Gasteiger partial charge in [0.05, 0.1) is 10.7 Å². The predicted molar refractivity (Wildman–Crippen MR) is 94.2 cm³/mol. The fourth-order valence-corrected chi connectivity index (χ4v) is 3.84. The molecule has 2 aromatic rings. The minimum absolute atomic E-state index is 0.124. The molecule has 23 heavy (non-hydrogen) atoms. The number of aryl methyl sites for hydroxylation is 2. The molecule has 122 valence electrons. The Kier molecular flexibility index (Phi) is 4.99. The predicted octanol–water partition coefficient (Wildman–Crippen LogP) is 3.37. The first kappa shape index (κ1) is 16.4. The summed E-state index contributed by atoms with van der Waals surface area (Å²) < 4.78 is 0. The first-order chi connectivity index (χ1) is 11.0. The van der Waals surface area contributed by atoms with E-state index in [2.05, 4.69) is 22.0 Å². The van der Waals surface area contributed by atoms with Gasteiger partial charge < -0.3 is 4.90 Å². The van der Waals surface area contributed by atoms with Crippen molar-refractivity contribution in [2.75, 3.05) is 26.2 Å². The summed E-state index contributed by atoms with van der Waals surface area (Å²) in [5.41, 5.74) is 2.10. The molecule has 0 N–H and O–H groups in total. The summed E-state index contributed by atoms with van der Waals surface area (Å²) in [4.78, 5) is 22.1. The summed E-state index contributed by atoms with van der Waals surface area (Å²) in [6, 6.07) is 7.96. The quantitative estimate of drug-likeness (QED) is 0.852. The fraction of sp³-hybridized carbons (Fsp3) is 0.412. The molecule has 0 unspecified atom stereocenters. The lowest BCUT2D eigenvalue weighted by Crippen LogP contribution is -2.48. The SMILES string of the molecule is Cc1nc(C)c(C(=O)N2CCN(Cc3ccc(Cl)cc3)CC2)s1. The van der Waals surface area contributed by atoms with E-state index in [1.54, 1.807) is 0 Å². The summed E-state index contributed by atoms with van der Waals surface area (Å²) in [6.45, 7) is 8.08. The number of aromatic nitrogens is 1. The Morgan fingerprint density at radius 2 is 1.83 bits per heavy atom. The van der Waals surface area contributed by atoms with Gasteiger partial charge in [0.15, 0.2) is 0 Å². The van der Waals surface area contributed by atoms with Crippen LogP contribution in [-0.4, -0.2) is 46.9 Å². The lowest BCUT2D eigenvalue weighted by Gasteiger charge is -2.34. The number of piperazine rings is 1. The summed E-state index contributed by atoms with van der Waals surface area (Å²) >= 11 is 7.41. The molecule has 0 bridgehead atoms. The number of carbonyl (C=O) groups excluding carboxylic acids is 1. The third-order valence-electron chi connectivity index (χ3n) is 4.08. The van der Waals surface area contributed by atoms with E-state index < -0.39 is 0 Å². The molecule has 0 atom stereocenters. The lowest BCUT2D eigenvalue weighted by atomic mass is 10.2. The molecule has 1 aliphatic heterocycles.